The third-order valence-corrected chi connectivity index (χ3v) is 5.70. The third-order valence-electron chi connectivity index (χ3n) is 3.79. The summed E-state index contributed by atoms with van der Waals surface area (Å²) >= 11 is 0. The molecule has 0 spiro atoms. The molecule has 4 rings (SSSR count). The van der Waals surface area contributed by atoms with Gasteiger partial charge in [-0.1, -0.05) is 17.7 Å². The Balaban J connectivity index is 1.94. The molecular weight excluding hydrogens is 236 g/mol. The fourth-order valence-electron chi connectivity index (χ4n) is 2.78. The molecule has 17 heavy (non-hydrogen) atoms. The Kier molecular flexibility index (Phi) is 2.18. The average molecular weight is 252 g/mol. The van der Waals surface area contributed by atoms with E-state index in [1.807, 2.05) is 19.1 Å². The molecule has 0 aromatic heterocycles. The van der Waals surface area contributed by atoms with Crippen molar-refractivity contribution in [3.63, 3.8) is 0 Å². The minimum atomic E-state index is -3.35. The first-order valence-electron chi connectivity index (χ1n) is 5.78. The first-order chi connectivity index (χ1) is 7.91. The van der Waals surface area contributed by atoms with Gasteiger partial charge >= 0.3 is 0 Å². The third kappa shape index (κ3) is 1.61. The predicted molar refractivity (Wildman–Crippen MR) is 65.0 cm³/mol. The van der Waals surface area contributed by atoms with Gasteiger partial charge in [-0.15, -0.1) is 0 Å². The quantitative estimate of drug-likeness (QED) is 0.849. The molecule has 1 saturated carbocycles. The zero-order valence-electron chi connectivity index (χ0n) is 9.76. The van der Waals surface area contributed by atoms with Crippen LogP contribution in [-0.4, -0.2) is 30.8 Å². The van der Waals surface area contributed by atoms with Gasteiger partial charge in [0.05, 0.1) is 4.90 Å². The van der Waals surface area contributed by atoms with Crippen molar-refractivity contribution in [1.29, 1.82) is 0 Å². The summed E-state index contributed by atoms with van der Waals surface area (Å²) in [7, 11) is -3.35. The molecule has 2 heterocycles. The molecule has 2 aliphatic heterocycles. The van der Waals surface area contributed by atoms with Gasteiger partial charge < -0.3 is 5.73 Å². The normalized spacial score (nSPS) is 32.5. The van der Waals surface area contributed by atoms with Crippen molar-refractivity contribution in [1.82, 2.24) is 4.31 Å². The van der Waals surface area contributed by atoms with E-state index < -0.39 is 10.0 Å². The Morgan fingerprint density at radius 2 is 1.88 bits per heavy atom. The highest BCUT2D eigenvalue weighted by molar-refractivity contribution is 7.89. The molecule has 92 valence electrons. The number of hydrogen-bond acceptors (Lipinski definition) is 3. The summed E-state index contributed by atoms with van der Waals surface area (Å²) in [5.41, 5.74) is 6.83. The number of nitrogens with two attached hydrogens (primary N) is 1. The molecule has 2 N–H and O–H groups in total. The Bertz CT molecular complexity index is 544. The van der Waals surface area contributed by atoms with Crippen molar-refractivity contribution >= 4 is 10.0 Å². The number of hydrogen-bond donors (Lipinski definition) is 1. The van der Waals surface area contributed by atoms with Crippen LogP contribution in [0.3, 0.4) is 0 Å². The monoisotopic (exact) mass is 252 g/mol. The highest BCUT2D eigenvalue weighted by Crippen LogP contribution is 2.45. The summed E-state index contributed by atoms with van der Waals surface area (Å²) in [4.78, 5) is 0.374. The zero-order chi connectivity index (χ0) is 12.3. The maximum absolute atomic E-state index is 12.4. The van der Waals surface area contributed by atoms with Gasteiger partial charge in [0.1, 0.15) is 0 Å². The SMILES string of the molecule is Cc1ccc(S(=O)(=O)N2CC3(N)CC2C3)cc1. The van der Waals surface area contributed by atoms with Crippen molar-refractivity contribution in [2.45, 2.75) is 36.2 Å². The van der Waals surface area contributed by atoms with Crippen LogP contribution in [0.1, 0.15) is 18.4 Å². The van der Waals surface area contributed by atoms with E-state index in [0.717, 1.165) is 18.4 Å². The van der Waals surface area contributed by atoms with Crippen LogP contribution in [0.25, 0.3) is 0 Å². The van der Waals surface area contributed by atoms with Crippen molar-refractivity contribution in [3.05, 3.63) is 29.8 Å². The van der Waals surface area contributed by atoms with Crippen LogP contribution >= 0.6 is 0 Å². The van der Waals surface area contributed by atoms with Crippen LogP contribution in [-0.2, 0) is 10.0 Å². The van der Waals surface area contributed by atoms with Gasteiger partial charge in [-0.25, -0.2) is 8.42 Å². The first kappa shape index (κ1) is 11.2. The predicted octanol–water partition coefficient (Wildman–Crippen LogP) is 0.859. The minimum absolute atomic E-state index is 0.117. The lowest BCUT2D eigenvalue weighted by atomic mass is 9.79. The molecule has 1 aromatic carbocycles. The molecule has 4 nitrogen and oxygen atoms in total. The Morgan fingerprint density at radius 3 is 2.35 bits per heavy atom. The van der Waals surface area contributed by atoms with Gasteiger partial charge in [-0.3, -0.25) is 0 Å². The molecule has 1 aromatic rings. The molecule has 0 unspecified atom stereocenters. The van der Waals surface area contributed by atoms with Crippen LogP contribution in [0, 0.1) is 6.92 Å². The second kappa shape index (κ2) is 3.31. The number of aryl methyl sites for hydroxylation is 1. The van der Waals surface area contributed by atoms with Crippen molar-refractivity contribution in [2.75, 3.05) is 6.54 Å². The van der Waals surface area contributed by atoms with Gasteiger partial charge in [0, 0.05) is 18.1 Å². The first-order valence-corrected chi connectivity index (χ1v) is 7.22. The maximum atomic E-state index is 12.4. The number of fused-ring (bicyclic) bond motifs is 1. The lowest BCUT2D eigenvalue weighted by Crippen LogP contribution is -2.48. The molecule has 2 bridgehead atoms. The number of nitrogens with zero attached hydrogens (tertiary/aromatic N) is 1. The molecule has 5 heteroatoms. The highest BCUT2D eigenvalue weighted by atomic mass is 32.2. The Labute approximate surface area is 101 Å². The van der Waals surface area contributed by atoms with E-state index in [2.05, 4.69) is 0 Å². The van der Waals surface area contributed by atoms with Crippen molar-refractivity contribution in [3.8, 4) is 0 Å². The molecule has 0 atom stereocenters. The van der Waals surface area contributed by atoms with E-state index in [1.54, 1.807) is 16.4 Å². The molecule has 0 amide bonds. The van der Waals surface area contributed by atoms with Gasteiger partial charge in [-0.2, -0.15) is 4.31 Å². The van der Waals surface area contributed by atoms with Crippen LogP contribution in [0.4, 0.5) is 0 Å². The minimum Gasteiger partial charge on any atom is -0.324 e. The van der Waals surface area contributed by atoms with E-state index >= 15 is 0 Å². The summed E-state index contributed by atoms with van der Waals surface area (Å²) in [5, 5.41) is 0. The van der Waals surface area contributed by atoms with E-state index in [4.69, 9.17) is 5.73 Å². The van der Waals surface area contributed by atoms with Crippen molar-refractivity contribution < 1.29 is 8.42 Å². The smallest absolute Gasteiger partial charge is 0.243 e. The second-order valence-electron chi connectivity index (χ2n) is 5.29. The van der Waals surface area contributed by atoms with Gasteiger partial charge in [0.25, 0.3) is 0 Å². The molecule has 2 saturated heterocycles. The topological polar surface area (TPSA) is 63.4 Å². The second-order valence-corrected chi connectivity index (χ2v) is 7.18. The van der Waals surface area contributed by atoms with Crippen LogP contribution in [0.2, 0.25) is 0 Å². The van der Waals surface area contributed by atoms with Crippen LogP contribution in [0.15, 0.2) is 29.2 Å². The summed E-state index contributed by atoms with van der Waals surface area (Å²) in [5.74, 6) is 0. The summed E-state index contributed by atoms with van der Waals surface area (Å²) in [6.45, 7) is 2.41. The van der Waals surface area contributed by atoms with Gasteiger partial charge in [0.2, 0.25) is 10.0 Å². The van der Waals surface area contributed by atoms with Crippen molar-refractivity contribution in [2.24, 2.45) is 5.73 Å². The molecule has 3 fully saturated rings. The standard InChI is InChI=1S/C12H16N2O2S/c1-9-2-4-11(5-3-9)17(15,16)14-8-12(13)6-10(14)7-12/h2-5,10H,6-8,13H2,1H3. The molecule has 1 aliphatic carbocycles. The fourth-order valence-corrected chi connectivity index (χ4v) is 4.50. The molecular formula is C12H16N2O2S. The van der Waals surface area contributed by atoms with Gasteiger partial charge in [0.15, 0.2) is 0 Å². The Morgan fingerprint density at radius 1 is 1.29 bits per heavy atom. The summed E-state index contributed by atoms with van der Waals surface area (Å²) < 4.78 is 26.4. The van der Waals surface area contributed by atoms with Gasteiger partial charge in [-0.05, 0) is 31.9 Å². The Hall–Kier alpha value is -0.910. The summed E-state index contributed by atoms with van der Waals surface area (Å²) in [6.07, 6.45) is 1.61. The lowest BCUT2D eigenvalue weighted by Gasteiger charge is -2.32. The van der Waals surface area contributed by atoms with E-state index in [-0.39, 0.29) is 11.6 Å². The number of rotatable bonds is 2. The molecule has 3 aliphatic rings. The highest BCUT2D eigenvalue weighted by Gasteiger charge is 2.56. The van der Waals surface area contributed by atoms with Crippen LogP contribution < -0.4 is 5.73 Å². The van der Waals surface area contributed by atoms with E-state index in [0.29, 0.717) is 11.4 Å². The van der Waals surface area contributed by atoms with E-state index in [1.165, 1.54) is 0 Å². The van der Waals surface area contributed by atoms with Crippen LogP contribution in [0.5, 0.6) is 0 Å². The number of benzene rings is 1. The zero-order valence-corrected chi connectivity index (χ0v) is 10.6. The lowest BCUT2D eigenvalue weighted by molar-refractivity contribution is 0.285. The molecule has 0 radical (unpaired) electrons. The number of sulfonamides is 1. The van der Waals surface area contributed by atoms with E-state index in [9.17, 15) is 8.42 Å². The maximum Gasteiger partial charge on any atom is 0.243 e. The largest absolute Gasteiger partial charge is 0.324 e. The fraction of sp³-hybridized carbons (Fsp3) is 0.500. The average Bonchev–Trinajstić information content (AvgIpc) is 2.72. The summed E-state index contributed by atoms with van der Waals surface area (Å²) in [6, 6.07) is 7.11.